The van der Waals surface area contributed by atoms with Gasteiger partial charge in [-0.1, -0.05) is 34.4 Å². The molecule has 3 rings (SSSR count). The molecule has 0 unspecified atom stereocenters. The zero-order valence-electron chi connectivity index (χ0n) is 14.3. The average molecular weight is 390 g/mol. The van der Waals surface area contributed by atoms with E-state index in [0.717, 1.165) is 11.4 Å². The number of amidine groups is 1. The SMILES string of the molecule is Cc1cc(C)n(-c2ccc(C(N)=NOCc3c(Cl)cccc3Cl)cn2)n1. The fraction of sp³-hybridized carbons (Fsp3) is 0.167. The summed E-state index contributed by atoms with van der Waals surface area (Å²) >= 11 is 12.2. The molecule has 0 amide bonds. The van der Waals surface area contributed by atoms with E-state index in [4.69, 9.17) is 33.8 Å². The number of halogens is 2. The predicted molar refractivity (Wildman–Crippen MR) is 103 cm³/mol. The van der Waals surface area contributed by atoms with Crippen molar-refractivity contribution in [1.29, 1.82) is 0 Å². The van der Waals surface area contributed by atoms with Gasteiger partial charge in [0.2, 0.25) is 0 Å². The van der Waals surface area contributed by atoms with E-state index in [1.54, 1.807) is 29.1 Å². The van der Waals surface area contributed by atoms with E-state index >= 15 is 0 Å². The molecule has 0 saturated carbocycles. The van der Waals surface area contributed by atoms with E-state index in [9.17, 15) is 0 Å². The van der Waals surface area contributed by atoms with Gasteiger partial charge in [0.1, 0.15) is 6.61 Å². The van der Waals surface area contributed by atoms with Gasteiger partial charge in [0, 0.05) is 33.1 Å². The predicted octanol–water partition coefficient (Wildman–Crippen LogP) is 4.03. The minimum absolute atomic E-state index is 0.122. The van der Waals surface area contributed by atoms with Gasteiger partial charge < -0.3 is 10.6 Å². The number of nitrogens with zero attached hydrogens (tertiary/aromatic N) is 4. The number of aryl methyl sites for hydroxylation is 2. The Bertz CT molecular complexity index is 930. The van der Waals surface area contributed by atoms with Crippen LogP contribution in [-0.2, 0) is 11.4 Å². The molecule has 0 radical (unpaired) electrons. The number of pyridine rings is 1. The third-order valence-electron chi connectivity index (χ3n) is 3.70. The highest BCUT2D eigenvalue weighted by Gasteiger charge is 2.08. The largest absolute Gasteiger partial charge is 0.389 e. The van der Waals surface area contributed by atoms with Crippen molar-refractivity contribution in [1.82, 2.24) is 14.8 Å². The maximum atomic E-state index is 6.09. The van der Waals surface area contributed by atoms with E-state index in [-0.39, 0.29) is 12.4 Å². The van der Waals surface area contributed by atoms with E-state index < -0.39 is 0 Å². The van der Waals surface area contributed by atoms with Crippen LogP contribution >= 0.6 is 23.2 Å². The van der Waals surface area contributed by atoms with Gasteiger partial charge in [-0.3, -0.25) is 0 Å². The lowest BCUT2D eigenvalue weighted by atomic mass is 10.2. The Kier molecular flexibility index (Phi) is 5.44. The van der Waals surface area contributed by atoms with Crippen molar-refractivity contribution < 1.29 is 4.84 Å². The standard InChI is InChI=1S/C18H17Cl2N5O/c1-11-8-12(2)25(23-11)17-7-6-13(9-22-17)18(21)24-26-10-14-15(19)4-3-5-16(14)20/h3-9H,10H2,1-2H3,(H2,21,24). The lowest BCUT2D eigenvalue weighted by Crippen LogP contribution is -2.15. The first-order chi connectivity index (χ1) is 12.5. The lowest BCUT2D eigenvalue weighted by Gasteiger charge is -2.07. The normalized spacial score (nSPS) is 11.6. The molecule has 2 N–H and O–H groups in total. The summed E-state index contributed by atoms with van der Waals surface area (Å²) in [4.78, 5) is 9.66. The van der Waals surface area contributed by atoms with E-state index in [0.29, 0.717) is 27.0 Å². The van der Waals surface area contributed by atoms with Crippen molar-refractivity contribution in [2.24, 2.45) is 10.9 Å². The summed E-state index contributed by atoms with van der Waals surface area (Å²) in [7, 11) is 0. The number of nitrogens with two attached hydrogens (primary N) is 1. The van der Waals surface area contributed by atoms with E-state index in [1.807, 2.05) is 32.0 Å². The quantitative estimate of drug-likeness (QED) is 0.405. The summed E-state index contributed by atoms with van der Waals surface area (Å²) in [6.45, 7) is 4.03. The van der Waals surface area contributed by atoms with Crippen LogP contribution < -0.4 is 5.73 Å². The maximum absolute atomic E-state index is 6.09. The Balaban J connectivity index is 1.70. The van der Waals surface area contributed by atoms with Gasteiger partial charge >= 0.3 is 0 Å². The summed E-state index contributed by atoms with van der Waals surface area (Å²) in [6.07, 6.45) is 1.62. The highest BCUT2D eigenvalue weighted by Crippen LogP contribution is 2.24. The van der Waals surface area contributed by atoms with Crippen LogP contribution in [-0.4, -0.2) is 20.6 Å². The van der Waals surface area contributed by atoms with Crippen LogP contribution in [0.4, 0.5) is 0 Å². The molecule has 8 heteroatoms. The van der Waals surface area contributed by atoms with Crippen LogP contribution in [0.1, 0.15) is 22.5 Å². The van der Waals surface area contributed by atoms with E-state index in [1.165, 1.54) is 0 Å². The van der Waals surface area contributed by atoms with Crippen LogP contribution in [0.25, 0.3) is 5.82 Å². The molecule has 0 fully saturated rings. The van der Waals surface area contributed by atoms with Crippen molar-refractivity contribution in [3.63, 3.8) is 0 Å². The topological polar surface area (TPSA) is 78.3 Å². The Morgan fingerprint density at radius 3 is 2.50 bits per heavy atom. The Hall–Kier alpha value is -2.57. The summed E-state index contributed by atoms with van der Waals surface area (Å²) in [5, 5.41) is 9.34. The lowest BCUT2D eigenvalue weighted by molar-refractivity contribution is 0.130. The molecule has 6 nitrogen and oxygen atoms in total. The Morgan fingerprint density at radius 2 is 1.92 bits per heavy atom. The van der Waals surface area contributed by atoms with Crippen molar-refractivity contribution >= 4 is 29.0 Å². The molecule has 0 atom stereocenters. The molecule has 0 bridgehead atoms. The molecular weight excluding hydrogens is 373 g/mol. The van der Waals surface area contributed by atoms with Gasteiger partial charge in [-0.25, -0.2) is 9.67 Å². The van der Waals surface area contributed by atoms with Gasteiger partial charge in [-0.15, -0.1) is 0 Å². The van der Waals surface area contributed by atoms with Crippen LogP contribution in [0, 0.1) is 13.8 Å². The van der Waals surface area contributed by atoms with Crippen molar-refractivity contribution in [3.05, 3.63) is 75.2 Å². The van der Waals surface area contributed by atoms with E-state index in [2.05, 4.69) is 15.2 Å². The van der Waals surface area contributed by atoms with Crippen LogP contribution in [0.3, 0.4) is 0 Å². The second kappa shape index (κ2) is 7.76. The molecular formula is C18H17Cl2N5O. The minimum Gasteiger partial charge on any atom is -0.389 e. The summed E-state index contributed by atoms with van der Waals surface area (Å²) in [6, 6.07) is 10.9. The Labute approximate surface area is 161 Å². The van der Waals surface area contributed by atoms with Crippen molar-refractivity contribution in [2.75, 3.05) is 0 Å². The smallest absolute Gasteiger partial charge is 0.171 e. The number of benzene rings is 1. The van der Waals surface area contributed by atoms with Gasteiger partial charge in [-0.05, 0) is 44.2 Å². The second-order valence-electron chi connectivity index (χ2n) is 5.69. The highest BCUT2D eigenvalue weighted by molar-refractivity contribution is 6.35. The third-order valence-corrected chi connectivity index (χ3v) is 4.41. The molecule has 1 aromatic carbocycles. The highest BCUT2D eigenvalue weighted by atomic mass is 35.5. The first-order valence-electron chi connectivity index (χ1n) is 7.84. The summed E-state index contributed by atoms with van der Waals surface area (Å²) in [5.74, 6) is 0.913. The molecule has 3 aromatic rings. The molecule has 0 aliphatic heterocycles. The van der Waals surface area contributed by atoms with Crippen LogP contribution in [0.2, 0.25) is 10.0 Å². The maximum Gasteiger partial charge on any atom is 0.171 e. The Morgan fingerprint density at radius 1 is 1.19 bits per heavy atom. The second-order valence-corrected chi connectivity index (χ2v) is 6.51. The molecule has 2 aromatic heterocycles. The zero-order chi connectivity index (χ0) is 18.7. The van der Waals surface area contributed by atoms with Gasteiger partial charge in [-0.2, -0.15) is 5.10 Å². The first-order valence-corrected chi connectivity index (χ1v) is 8.59. The number of rotatable bonds is 5. The number of aromatic nitrogens is 3. The van der Waals surface area contributed by atoms with Crippen molar-refractivity contribution in [2.45, 2.75) is 20.5 Å². The first kappa shape index (κ1) is 18.2. The van der Waals surface area contributed by atoms with Crippen molar-refractivity contribution in [3.8, 4) is 5.82 Å². The fourth-order valence-corrected chi connectivity index (χ4v) is 2.92. The molecule has 134 valence electrons. The van der Waals surface area contributed by atoms with Gasteiger partial charge in [0.05, 0.1) is 5.69 Å². The molecule has 2 heterocycles. The van der Waals surface area contributed by atoms with Gasteiger partial charge in [0.15, 0.2) is 11.7 Å². The molecule has 0 aliphatic rings. The monoisotopic (exact) mass is 389 g/mol. The molecule has 0 spiro atoms. The number of hydrogen-bond donors (Lipinski definition) is 1. The zero-order valence-corrected chi connectivity index (χ0v) is 15.8. The molecule has 26 heavy (non-hydrogen) atoms. The summed E-state index contributed by atoms with van der Waals surface area (Å²) in [5.41, 5.74) is 9.19. The molecule has 0 aliphatic carbocycles. The fourth-order valence-electron chi connectivity index (χ4n) is 2.41. The average Bonchev–Trinajstić information content (AvgIpc) is 2.96. The molecule has 0 saturated heterocycles. The minimum atomic E-state index is 0.122. The van der Waals surface area contributed by atoms with Crippen LogP contribution in [0.15, 0.2) is 47.8 Å². The number of oxime groups is 1. The van der Waals surface area contributed by atoms with Crippen LogP contribution in [0.5, 0.6) is 0 Å². The number of hydrogen-bond acceptors (Lipinski definition) is 4. The van der Waals surface area contributed by atoms with Gasteiger partial charge in [0.25, 0.3) is 0 Å². The summed E-state index contributed by atoms with van der Waals surface area (Å²) < 4.78 is 1.77. The third kappa shape index (κ3) is 3.98.